The summed E-state index contributed by atoms with van der Waals surface area (Å²) in [6, 6.07) is 12.9. The third kappa shape index (κ3) is 4.73. The number of nitrogens with one attached hydrogen (secondary N) is 1. The number of carbonyl (C=O) groups is 1. The van der Waals surface area contributed by atoms with E-state index < -0.39 is 16.0 Å². The van der Waals surface area contributed by atoms with Gasteiger partial charge in [0.05, 0.1) is 17.2 Å². The van der Waals surface area contributed by atoms with Gasteiger partial charge in [0.1, 0.15) is 5.75 Å². The molecular formula is C17H19NO5S. The summed E-state index contributed by atoms with van der Waals surface area (Å²) < 4.78 is 37.3. The Hall–Kier alpha value is -2.54. The maximum atomic E-state index is 12.3. The van der Waals surface area contributed by atoms with E-state index in [-0.39, 0.29) is 18.1 Å². The summed E-state index contributed by atoms with van der Waals surface area (Å²) in [5.41, 5.74) is 1.13. The van der Waals surface area contributed by atoms with Crippen LogP contribution in [0.1, 0.15) is 12.5 Å². The van der Waals surface area contributed by atoms with Gasteiger partial charge in [0.25, 0.3) is 10.0 Å². The van der Waals surface area contributed by atoms with Crippen molar-refractivity contribution in [3.05, 3.63) is 54.1 Å². The first-order chi connectivity index (χ1) is 11.4. The first-order valence-electron chi connectivity index (χ1n) is 7.39. The number of carbonyl (C=O) groups excluding carboxylic acids is 1. The van der Waals surface area contributed by atoms with Crippen LogP contribution < -0.4 is 9.46 Å². The molecule has 0 atom stereocenters. The monoisotopic (exact) mass is 349 g/mol. The first-order valence-corrected chi connectivity index (χ1v) is 8.87. The standard InChI is InChI=1S/C17H19NO5S/c1-3-22-17(19)12-23-16-11-14(10-9-13(16)2)18-24(20,21)15-7-5-4-6-8-15/h4-11,18H,3,12H2,1-2H3. The van der Waals surface area contributed by atoms with Crippen molar-refractivity contribution in [1.29, 1.82) is 0 Å². The molecule has 0 amide bonds. The minimum atomic E-state index is -3.68. The van der Waals surface area contributed by atoms with Crippen LogP contribution in [0.2, 0.25) is 0 Å². The SMILES string of the molecule is CCOC(=O)COc1cc(NS(=O)(=O)c2ccccc2)ccc1C. The molecule has 0 aliphatic heterocycles. The largest absolute Gasteiger partial charge is 0.482 e. The quantitative estimate of drug-likeness (QED) is 0.777. The normalized spacial score (nSPS) is 10.9. The minimum absolute atomic E-state index is 0.166. The van der Waals surface area contributed by atoms with Crippen molar-refractivity contribution >= 4 is 21.7 Å². The Morgan fingerprint density at radius 3 is 2.50 bits per heavy atom. The highest BCUT2D eigenvalue weighted by atomic mass is 32.2. The van der Waals surface area contributed by atoms with Gasteiger partial charge in [-0.05, 0) is 37.6 Å². The third-order valence-corrected chi connectivity index (χ3v) is 4.54. The summed E-state index contributed by atoms with van der Waals surface area (Å²) in [4.78, 5) is 11.5. The van der Waals surface area contributed by atoms with Crippen molar-refractivity contribution in [2.24, 2.45) is 0 Å². The van der Waals surface area contributed by atoms with E-state index in [4.69, 9.17) is 9.47 Å². The number of rotatable bonds is 7. The lowest BCUT2D eigenvalue weighted by Gasteiger charge is -2.12. The molecule has 6 nitrogen and oxygen atoms in total. The smallest absolute Gasteiger partial charge is 0.344 e. The molecule has 0 fully saturated rings. The second-order valence-electron chi connectivity index (χ2n) is 4.99. The highest BCUT2D eigenvalue weighted by Crippen LogP contribution is 2.24. The van der Waals surface area contributed by atoms with Crippen molar-refractivity contribution in [1.82, 2.24) is 0 Å². The molecule has 0 radical (unpaired) electrons. The van der Waals surface area contributed by atoms with Gasteiger partial charge in [0, 0.05) is 6.07 Å². The predicted molar refractivity (Wildman–Crippen MR) is 90.6 cm³/mol. The predicted octanol–water partition coefficient (Wildman–Crippen LogP) is 2.74. The van der Waals surface area contributed by atoms with E-state index in [9.17, 15) is 13.2 Å². The first kappa shape index (κ1) is 17.8. The second kappa shape index (κ2) is 7.83. The lowest BCUT2D eigenvalue weighted by atomic mass is 10.2. The summed E-state index contributed by atoms with van der Waals surface area (Å²) >= 11 is 0. The minimum Gasteiger partial charge on any atom is -0.482 e. The van der Waals surface area contributed by atoms with Gasteiger partial charge in [0.15, 0.2) is 6.61 Å². The number of esters is 1. The number of benzene rings is 2. The van der Waals surface area contributed by atoms with Gasteiger partial charge >= 0.3 is 5.97 Å². The van der Waals surface area contributed by atoms with Crippen LogP contribution in [0.5, 0.6) is 5.75 Å². The van der Waals surface area contributed by atoms with Crippen LogP contribution in [0.25, 0.3) is 0 Å². The Bertz CT molecular complexity index is 803. The molecule has 0 saturated heterocycles. The van der Waals surface area contributed by atoms with Crippen molar-refractivity contribution in [2.75, 3.05) is 17.9 Å². The fourth-order valence-corrected chi connectivity index (χ4v) is 3.04. The lowest BCUT2D eigenvalue weighted by molar-refractivity contribution is -0.145. The molecule has 2 rings (SSSR count). The van der Waals surface area contributed by atoms with Crippen LogP contribution in [0.15, 0.2) is 53.4 Å². The van der Waals surface area contributed by atoms with E-state index in [0.717, 1.165) is 5.56 Å². The van der Waals surface area contributed by atoms with Crippen LogP contribution in [-0.2, 0) is 19.6 Å². The molecule has 1 N–H and O–H groups in total. The zero-order valence-corrected chi connectivity index (χ0v) is 14.3. The van der Waals surface area contributed by atoms with Crippen molar-refractivity contribution in [3.8, 4) is 5.75 Å². The molecule has 0 spiro atoms. The van der Waals surface area contributed by atoms with Crippen LogP contribution in [0, 0.1) is 6.92 Å². The number of hydrogen-bond donors (Lipinski definition) is 1. The van der Waals surface area contributed by atoms with E-state index >= 15 is 0 Å². The van der Waals surface area contributed by atoms with Crippen LogP contribution in [-0.4, -0.2) is 27.6 Å². The Morgan fingerprint density at radius 1 is 1.12 bits per heavy atom. The van der Waals surface area contributed by atoms with E-state index in [1.54, 1.807) is 44.2 Å². The molecule has 0 bridgehead atoms. The van der Waals surface area contributed by atoms with Gasteiger partial charge in [-0.2, -0.15) is 0 Å². The zero-order valence-electron chi connectivity index (χ0n) is 13.5. The molecule has 2 aromatic rings. The summed E-state index contributed by atoms with van der Waals surface area (Å²) in [5.74, 6) is -0.0662. The van der Waals surface area contributed by atoms with Gasteiger partial charge in [-0.3, -0.25) is 4.72 Å². The second-order valence-corrected chi connectivity index (χ2v) is 6.67. The number of hydrogen-bond acceptors (Lipinski definition) is 5. The molecule has 0 unspecified atom stereocenters. The third-order valence-electron chi connectivity index (χ3n) is 3.14. The summed E-state index contributed by atoms with van der Waals surface area (Å²) in [5, 5.41) is 0. The van der Waals surface area contributed by atoms with Gasteiger partial charge in [-0.25, -0.2) is 13.2 Å². The van der Waals surface area contributed by atoms with Gasteiger partial charge in [-0.1, -0.05) is 24.3 Å². The van der Waals surface area contributed by atoms with Crippen LogP contribution in [0.3, 0.4) is 0 Å². The fourth-order valence-electron chi connectivity index (χ4n) is 1.97. The van der Waals surface area contributed by atoms with Crippen molar-refractivity contribution in [2.45, 2.75) is 18.7 Å². The maximum Gasteiger partial charge on any atom is 0.344 e. The number of aryl methyl sites for hydroxylation is 1. The Balaban J connectivity index is 2.14. The zero-order chi connectivity index (χ0) is 17.6. The molecule has 24 heavy (non-hydrogen) atoms. The van der Waals surface area contributed by atoms with E-state index in [2.05, 4.69) is 4.72 Å². The summed E-state index contributed by atoms with van der Waals surface area (Å²) in [6.45, 7) is 3.56. The number of ether oxygens (including phenoxy) is 2. The molecule has 0 aliphatic rings. The van der Waals surface area contributed by atoms with Crippen LogP contribution in [0.4, 0.5) is 5.69 Å². The molecule has 0 saturated carbocycles. The van der Waals surface area contributed by atoms with Gasteiger partial charge in [-0.15, -0.1) is 0 Å². The highest BCUT2D eigenvalue weighted by molar-refractivity contribution is 7.92. The molecule has 7 heteroatoms. The topological polar surface area (TPSA) is 81.7 Å². The maximum absolute atomic E-state index is 12.3. The molecule has 0 heterocycles. The summed E-state index contributed by atoms with van der Waals surface area (Å²) in [6.07, 6.45) is 0. The molecule has 0 aromatic heterocycles. The average molecular weight is 349 g/mol. The molecular weight excluding hydrogens is 330 g/mol. The Kier molecular flexibility index (Phi) is 5.81. The Labute approximate surface area is 141 Å². The van der Waals surface area contributed by atoms with Crippen molar-refractivity contribution in [3.63, 3.8) is 0 Å². The van der Waals surface area contributed by atoms with Crippen molar-refractivity contribution < 1.29 is 22.7 Å². The van der Waals surface area contributed by atoms with Gasteiger partial charge in [0.2, 0.25) is 0 Å². The van der Waals surface area contributed by atoms with E-state index in [1.165, 1.54) is 18.2 Å². The average Bonchev–Trinajstić information content (AvgIpc) is 2.56. The number of sulfonamides is 1. The van der Waals surface area contributed by atoms with E-state index in [1.807, 2.05) is 0 Å². The van der Waals surface area contributed by atoms with E-state index in [0.29, 0.717) is 11.4 Å². The molecule has 0 aliphatic carbocycles. The number of anilines is 1. The van der Waals surface area contributed by atoms with Gasteiger partial charge < -0.3 is 9.47 Å². The fraction of sp³-hybridized carbons (Fsp3) is 0.235. The van der Waals surface area contributed by atoms with Crippen LogP contribution >= 0.6 is 0 Å². The molecule has 2 aromatic carbocycles. The lowest BCUT2D eigenvalue weighted by Crippen LogP contribution is -2.15. The molecule has 128 valence electrons. The summed E-state index contributed by atoms with van der Waals surface area (Å²) in [7, 11) is -3.68. The Morgan fingerprint density at radius 2 is 1.83 bits per heavy atom. The highest BCUT2D eigenvalue weighted by Gasteiger charge is 2.14.